The van der Waals surface area contributed by atoms with Crippen molar-refractivity contribution in [3.63, 3.8) is 0 Å². The first-order valence-corrected chi connectivity index (χ1v) is 6.48. The smallest absolute Gasteiger partial charge is 0.355 e. The number of hydrogen-bond donors (Lipinski definition) is 3. The lowest BCUT2D eigenvalue weighted by atomic mass is 10.2. The molecule has 0 aliphatic carbocycles. The van der Waals surface area contributed by atoms with Crippen LogP contribution in [0.2, 0.25) is 0 Å². The van der Waals surface area contributed by atoms with Gasteiger partial charge in [0.25, 0.3) is 0 Å². The van der Waals surface area contributed by atoms with Gasteiger partial charge in [-0.05, 0) is 25.8 Å². The maximum Gasteiger partial charge on any atom is 0.397 e. The number of rotatable bonds is 6. The molecule has 1 aliphatic heterocycles. The quantitative estimate of drug-likeness (QED) is 0.416. The van der Waals surface area contributed by atoms with Crippen LogP contribution in [0.5, 0.6) is 0 Å². The fourth-order valence-electron chi connectivity index (χ4n) is 1.48. The van der Waals surface area contributed by atoms with Crippen LogP contribution < -0.4 is 10.6 Å². The van der Waals surface area contributed by atoms with Gasteiger partial charge in [-0.25, -0.2) is 4.18 Å². The van der Waals surface area contributed by atoms with E-state index in [4.69, 9.17) is 4.55 Å². The van der Waals surface area contributed by atoms with Gasteiger partial charge in [-0.1, -0.05) is 0 Å². The summed E-state index contributed by atoms with van der Waals surface area (Å²) in [5.74, 6) is -0.0793. The maximum absolute atomic E-state index is 11.4. The molecule has 0 saturated carbocycles. The highest BCUT2D eigenvalue weighted by Gasteiger charge is 2.21. The minimum absolute atomic E-state index is 0.0793. The number of amides is 1. The zero-order chi connectivity index (χ0) is 12.0. The second kappa shape index (κ2) is 6.14. The van der Waals surface area contributed by atoms with Gasteiger partial charge in [-0.3, -0.25) is 9.35 Å². The summed E-state index contributed by atoms with van der Waals surface area (Å²) in [6.07, 6.45) is 2.15. The lowest BCUT2D eigenvalue weighted by Gasteiger charge is -2.10. The van der Waals surface area contributed by atoms with Crippen LogP contribution in [0.3, 0.4) is 0 Å². The molecule has 0 radical (unpaired) electrons. The fraction of sp³-hybridized carbons (Fsp3) is 0.875. The summed E-state index contributed by atoms with van der Waals surface area (Å²) in [7, 11) is -4.37. The summed E-state index contributed by atoms with van der Waals surface area (Å²) in [5, 5.41) is 5.70. The van der Waals surface area contributed by atoms with E-state index in [1.165, 1.54) is 0 Å². The molecular formula is C8H16N2O5S. The molecule has 0 spiro atoms. The van der Waals surface area contributed by atoms with Gasteiger partial charge < -0.3 is 10.6 Å². The largest absolute Gasteiger partial charge is 0.397 e. The van der Waals surface area contributed by atoms with Crippen LogP contribution in [-0.2, 0) is 19.4 Å². The number of carbonyl (C=O) groups is 1. The Morgan fingerprint density at radius 3 is 2.88 bits per heavy atom. The van der Waals surface area contributed by atoms with Crippen LogP contribution >= 0.6 is 0 Å². The highest BCUT2D eigenvalue weighted by atomic mass is 32.3. The Hall–Kier alpha value is -0.700. The Bertz CT molecular complexity index is 323. The fourth-order valence-corrected chi connectivity index (χ4v) is 1.81. The maximum atomic E-state index is 11.4. The van der Waals surface area contributed by atoms with Crippen molar-refractivity contribution in [3.05, 3.63) is 0 Å². The normalized spacial score (nSPS) is 20.9. The van der Waals surface area contributed by atoms with Crippen LogP contribution in [0.25, 0.3) is 0 Å². The van der Waals surface area contributed by atoms with E-state index < -0.39 is 10.4 Å². The third-order valence-corrected chi connectivity index (χ3v) is 2.69. The first kappa shape index (κ1) is 13.4. The third-order valence-electron chi connectivity index (χ3n) is 2.23. The molecule has 16 heavy (non-hydrogen) atoms. The Balaban J connectivity index is 2.04. The standard InChI is InChI=1S/C8H16N2O5S/c11-8(7-3-1-4-9-7)10-5-2-6-15-16(12,13)14/h7,9H,1-6H2,(H,10,11)(H,12,13,14)/t7-/m0/s1. The topological polar surface area (TPSA) is 105 Å². The van der Waals surface area contributed by atoms with Crippen molar-refractivity contribution in [1.29, 1.82) is 0 Å². The van der Waals surface area contributed by atoms with Gasteiger partial charge >= 0.3 is 10.4 Å². The molecule has 94 valence electrons. The molecule has 1 heterocycles. The van der Waals surface area contributed by atoms with Crippen LogP contribution in [0.1, 0.15) is 19.3 Å². The average molecular weight is 252 g/mol. The van der Waals surface area contributed by atoms with E-state index in [2.05, 4.69) is 14.8 Å². The van der Waals surface area contributed by atoms with Crippen LogP contribution in [0.15, 0.2) is 0 Å². The predicted molar refractivity (Wildman–Crippen MR) is 56.2 cm³/mol. The van der Waals surface area contributed by atoms with E-state index >= 15 is 0 Å². The zero-order valence-electron chi connectivity index (χ0n) is 8.81. The summed E-state index contributed by atoms with van der Waals surface area (Å²) in [4.78, 5) is 11.4. The molecule has 1 fully saturated rings. The van der Waals surface area contributed by atoms with Crippen molar-refractivity contribution in [2.45, 2.75) is 25.3 Å². The SMILES string of the molecule is O=C(NCCCOS(=O)(=O)O)[C@@H]1CCCN1. The average Bonchev–Trinajstić information content (AvgIpc) is 2.67. The summed E-state index contributed by atoms with van der Waals surface area (Å²) in [6, 6.07) is -0.137. The van der Waals surface area contributed by atoms with Crippen LogP contribution in [0.4, 0.5) is 0 Å². The molecule has 1 atom stereocenters. The number of hydrogen-bond acceptors (Lipinski definition) is 5. The molecular weight excluding hydrogens is 236 g/mol. The van der Waals surface area contributed by atoms with Crippen molar-refractivity contribution in [2.75, 3.05) is 19.7 Å². The van der Waals surface area contributed by atoms with Gasteiger partial charge in [0.05, 0.1) is 12.6 Å². The molecule has 1 amide bonds. The van der Waals surface area contributed by atoms with Gasteiger partial charge in [0.2, 0.25) is 5.91 Å². The lowest BCUT2D eigenvalue weighted by molar-refractivity contribution is -0.122. The summed E-state index contributed by atoms with van der Waals surface area (Å²) >= 11 is 0. The molecule has 0 aromatic carbocycles. The van der Waals surface area contributed by atoms with Crippen molar-refractivity contribution in [3.8, 4) is 0 Å². The second-order valence-electron chi connectivity index (χ2n) is 3.54. The minimum Gasteiger partial charge on any atom is -0.355 e. The van der Waals surface area contributed by atoms with Gasteiger partial charge in [0.1, 0.15) is 0 Å². The number of nitrogens with one attached hydrogen (secondary N) is 2. The molecule has 0 aromatic rings. The number of carbonyl (C=O) groups excluding carboxylic acids is 1. The Morgan fingerprint density at radius 1 is 1.56 bits per heavy atom. The minimum atomic E-state index is -4.37. The van der Waals surface area contributed by atoms with E-state index in [0.29, 0.717) is 13.0 Å². The first-order chi connectivity index (χ1) is 7.49. The van der Waals surface area contributed by atoms with Crippen molar-refractivity contribution in [2.24, 2.45) is 0 Å². The monoisotopic (exact) mass is 252 g/mol. The van der Waals surface area contributed by atoms with Crippen molar-refractivity contribution < 1.29 is 21.9 Å². The molecule has 3 N–H and O–H groups in total. The molecule has 1 rings (SSSR count). The highest BCUT2D eigenvalue weighted by Crippen LogP contribution is 2.04. The van der Waals surface area contributed by atoms with Gasteiger partial charge in [0.15, 0.2) is 0 Å². The summed E-state index contributed by atoms with van der Waals surface area (Å²) in [6.45, 7) is 1.04. The highest BCUT2D eigenvalue weighted by molar-refractivity contribution is 7.80. The van der Waals surface area contributed by atoms with E-state index in [1.807, 2.05) is 0 Å². The first-order valence-electron chi connectivity index (χ1n) is 5.12. The summed E-state index contributed by atoms with van der Waals surface area (Å²) in [5.41, 5.74) is 0. The van der Waals surface area contributed by atoms with E-state index in [0.717, 1.165) is 19.4 Å². The summed E-state index contributed by atoms with van der Waals surface area (Å²) < 4.78 is 32.7. The predicted octanol–water partition coefficient (Wildman–Crippen LogP) is -0.936. The van der Waals surface area contributed by atoms with Gasteiger partial charge in [-0.15, -0.1) is 0 Å². The molecule has 1 saturated heterocycles. The van der Waals surface area contributed by atoms with E-state index in [-0.39, 0.29) is 18.6 Å². The third kappa shape index (κ3) is 5.40. The van der Waals surface area contributed by atoms with Gasteiger partial charge in [-0.2, -0.15) is 8.42 Å². The Morgan fingerprint density at radius 2 is 2.31 bits per heavy atom. The molecule has 7 nitrogen and oxygen atoms in total. The molecule has 1 aliphatic rings. The van der Waals surface area contributed by atoms with Gasteiger partial charge in [0, 0.05) is 6.54 Å². The second-order valence-corrected chi connectivity index (χ2v) is 4.63. The Labute approximate surface area is 94.5 Å². The van der Waals surface area contributed by atoms with Crippen LogP contribution in [0, 0.1) is 0 Å². The zero-order valence-corrected chi connectivity index (χ0v) is 9.62. The lowest BCUT2D eigenvalue weighted by Crippen LogP contribution is -2.40. The molecule has 0 bridgehead atoms. The Kier molecular flexibility index (Phi) is 5.13. The van der Waals surface area contributed by atoms with Crippen molar-refractivity contribution >= 4 is 16.3 Å². The van der Waals surface area contributed by atoms with E-state index in [1.54, 1.807) is 0 Å². The van der Waals surface area contributed by atoms with Crippen molar-refractivity contribution in [1.82, 2.24) is 10.6 Å². The molecule has 0 unspecified atom stereocenters. The molecule has 0 aromatic heterocycles. The van der Waals surface area contributed by atoms with E-state index in [9.17, 15) is 13.2 Å². The molecule has 8 heteroatoms. The van der Waals surface area contributed by atoms with Crippen LogP contribution in [-0.4, -0.2) is 44.6 Å².